The minimum absolute atomic E-state index is 0.323. The molecule has 6 heteroatoms. The van der Waals surface area contributed by atoms with Crippen molar-refractivity contribution < 1.29 is 29.1 Å². The van der Waals surface area contributed by atoms with Gasteiger partial charge in [-0.25, -0.2) is 0 Å². The van der Waals surface area contributed by atoms with E-state index in [1.54, 1.807) is 4.90 Å². The molecule has 0 aromatic heterocycles. The van der Waals surface area contributed by atoms with Crippen LogP contribution in [0.25, 0.3) is 0 Å². The van der Waals surface area contributed by atoms with E-state index in [2.05, 4.69) is 12.1 Å². The summed E-state index contributed by atoms with van der Waals surface area (Å²) in [5.74, 6) is 2.51. The molecule has 2 aromatic carbocycles. The van der Waals surface area contributed by atoms with Crippen molar-refractivity contribution in [1.29, 1.82) is 0 Å². The molecule has 2 aliphatic heterocycles. The number of benzene rings is 2. The largest absolute Gasteiger partial charge is 0.491 e. The first-order valence-corrected chi connectivity index (χ1v) is 9.68. The number of quaternary nitrogens is 2. The highest BCUT2D eigenvalue weighted by Gasteiger charge is 2.25. The summed E-state index contributed by atoms with van der Waals surface area (Å²) in [5, 5.41) is 10.3. The van der Waals surface area contributed by atoms with Crippen molar-refractivity contribution in [1.82, 2.24) is 0 Å². The molecule has 6 nitrogen and oxygen atoms in total. The van der Waals surface area contributed by atoms with Gasteiger partial charge in [-0.1, -0.05) is 18.2 Å². The standard InChI is InChI=1S/C21H26N2O4/c24-18(15-25-19-4-2-1-3-5-19)14-23-10-8-22(9-11-23)13-17-6-7-20-21(12-17)27-16-26-20/h1-7,12,18,24H,8-11,13-16H2/p+2/t18-/m0/s1. The average molecular weight is 372 g/mol. The molecular weight excluding hydrogens is 344 g/mol. The lowest BCUT2D eigenvalue weighted by molar-refractivity contribution is -1.02. The Hall–Kier alpha value is -2.28. The highest BCUT2D eigenvalue weighted by Crippen LogP contribution is 2.32. The van der Waals surface area contributed by atoms with Crippen molar-refractivity contribution in [3.8, 4) is 17.2 Å². The summed E-state index contributed by atoms with van der Waals surface area (Å²) in [4.78, 5) is 3.03. The lowest BCUT2D eigenvalue weighted by Crippen LogP contribution is -3.28. The molecule has 4 rings (SSSR count). The first-order chi connectivity index (χ1) is 13.3. The fraction of sp³-hybridized carbons (Fsp3) is 0.429. The third-order valence-corrected chi connectivity index (χ3v) is 5.27. The Morgan fingerprint density at radius 2 is 1.67 bits per heavy atom. The Bertz CT molecular complexity index is 732. The number of fused-ring (bicyclic) bond motifs is 1. The lowest BCUT2D eigenvalue weighted by Gasteiger charge is -2.30. The maximum absolute atomic E-state index is 10.3. The second kappa shape index (κ2) is 8.61. The van der Waals surface area contributed by atoms with E-state index in [0.717, 1.165) is 56.5 Å². The molecule has 27 heavy (non-hydrogen) atoms. The minimum Gasteiger partial charge on any atom is -0.491 e. The number of hydrogen-bond acceptors (Lipinski definition) is 4. The summed E-state index contributed by atoms with van der Waals surface area (Å²) in [7, 11) is 0. The van der Waals surface area contributed by atoms with Crippen LogP contribution in [0.5, 0.6) is 17.2 Å². The number of para-hydroxylation sites is 1. The molecule has 1 atom stereocenters. The second-order valence-electron chi connectivity index (χ2n) is 7.35. The molecule has 1 saturated heterocycles. The molecule has 3 N–H and O–H groups in total. The van der Waals surface area contributed by atoms with E-state index in [9.17, 15) is 5.11 Å². The average Bonchev–Trinajstić information content (AvgIpc) is 3.17. The fourth-order valence-corrected chi connectivity index (χ4v) is 3.78. The smallest absolute Gasteiger partial charge is 0.231 e. The molecule has 0 aliphatic carbocycles. The van der Waals surface area contributed by atoms with Crippen LogP contribution in [0, 0.1) is 0 Å². The van der Waals surface area contributed by atoms with Crippen LogP contribution in [0.4, 0.5) is 0 Å². The number of ether oxygens (including phenoxy) is 3. The molecule has 2 aromatic rings. The van der Waals surface area contributed by atoms with Gasteiger partial charge in [0.25, 0.3) is 0 Å². The van der Waals surface area contributed by atoms with Crippen molar-refractivity contribution in [2.75, 3.05) is 46.1 Å². The molecule has 0 radical (unpaired) electrons. The summed E-state index contributed by atoms with van der Waals surface area (Å²) < 4.78 is 16.5. The van der Waals surface area contributed by atoms with Crippen LogP contribution in [0.15, 0.2) is 48.5 Å². The van der Waals surface area contributed by atoms with Gasteiger partial charge >= 0.3 is 0 Å². The molecule has 144 valence electrons. The summed E-state index contributed by atoms with van der Waals surface area (Å²) in [6, 6.07) is 15.9. The van der Waals surface area contributed by atoms with Crippen molar-refractivity contribution in [3.63, 3.8) is 0 Å². The van der Waals surface area contributed by atoms with Gasteiger partial charge in [0.05, 0.1) is 0 Å². The van der Waals surface area contributed by atoms with E-state index in [0.29, 0.717) is 13.4 Å². The Labute approximate surface area is 159 Å². The summed E-state index contributed by atoms with van der Waals surface area (Å²) >= 11 is 0. The van der Waals surface area contributed by atoms with Gasteiger partial charge < -0.3 is 29.1 Å². The second-order valence-corrected chi connectivity index (χ2v) is 7.35. The predicted octanol–water partition coefficient (Wildman–Crippen LogP) is -0.861. The molecule has 0 bridgehead atoms. The number of piperazine rings is 1. The summed E-state index contributed by atoms with van der Waals surface area (Å²) in [5.41, 5.74) is 1.29. The fourth-order valence-electron chi connectivity index (χ4n) is 3.78. The van der Waals surface area contributed by atoms with Crippen molar-refractivity contribution >= 4 is 0 Å². The number of aliphatic hydroxyl groups excluding tert-OH is 1. The first kappa shape index (κ1) is 18.1. The first-order valence-electron chi connectivity index (χ1n) is 9.68. The quantitative estimate of drug-likeness (QED) is 0.592. The van der Waals surface area contributed by atoms with E-state index in [1.165, 1.54) is 10.5 Å². The zero-order chi connectivity index (χ0) is 18.5. The molecule has 0 saturated carbocycles. The number of hydrogen-bond donors (Lipinski definition) is 3. The van der Waals surface area contributed by atoms with Gasteiger partial charge in [0.1, 0.15) is 57.7 Å². The lowest BCUT2D eigenvalue weighted by atomic mass is 10.1. The van der Waals surface area contributed by atoms with Gasteiger partial charge in [0, 0.05) is 5.56 Å². The third kappa shape index (κ3) is 4.91. The molecule has 0 spiro atoms. The highest BCUT2D eigenvalue weighted by molar-refractivity contribution is 5.44. The monoisotopic (exact) mass is 372 g/mol. The van der Waals surface area contributed by atoms with Gasteiger partial charge in [0.15, 0.2) is 11.5 Å². The topological polar surface area (TPSA) is 56.8 Å². The van der Waals surface area contributed by atoms with E-state index in [4.69, 9.17) is 14.2 Å². The van der Waals surface area contributed by atoms with Gasteiger partial charge in [-0.15, -0.1) is 0 Å². The van der Waals surface area contributed by atoms with Crippen LogP contribution < -0.4 is 24.0 Å². The van der Waals surface area contributed by atoms with Crippen LogP contribution in [-0.2, 0) is 6.54 Å². The van der Waals surface area contributed by atoms with E-state index in [1.807, 2.05) is 36.4 Å². The Balaban J connectivity index is 1.18. The van der Waals surface area contributed by atoms with E-state index >= 15 is 0 Å². The number of aliphatic hydroxyl groups is 1. The molecule has 2 aliphatic rings. The SMILES string of the molecule is O[C@H](COc1ccccc1)C[NH+]1CC[NH+](Cc2ccc3c(c2)OCO3)CC1. The summed E-state index contributed by atoms with van der Waals surface area (Å²) in [6.45, 7) is 6.77. The number of nitrogens with one attached hydrogen (secondary N) is 2. The van der Waals surface area contributed by atoms with Crippen LogP contribution in [-0.4, -0.2) is 57.3 Å². The minimum atomic E-state index is -0.435. The Kier molecular flexibility index (Phi) is 5.77. The summed E-state index contributed by atoms with van der Waals surface area (Å²) in [6.07, 6.45) is -0.435. The van der Waals surface area contributed by atoms with Crippen LogP contribution in [0.2, 0.25) is 0 Å². The highest BCUT2D eigenvalue weighted by atomic mass is 16.7. The normalized spacial score (nSPS) is 22.4. The third-order valence-electron chi connectivity index (χ3n) is 5.27. The Morgan fingerprint density at radius 3 is 2.48 bits per heavy atom. The zero-order valence-electron chi connectivity index (χ0n) is 15.5. The molecule has 0 amide bonds. The van der Waals surface area contributed by atoms with Crippen molar-refractivity contribution in [3.05, 3.63) is 54.1 Å². The van der Waals surface area contributed by atoms with Gasteiger partial charge in [0.2, 0.25) is 6.79 Å². The van der Waals surface area contributed by atoms with Gasteiger partial charge in [-0.2, -0.15) is 0 Å². The number of rotatable bonds is 7. The van der Waals surface area contributed by atoms with Crippen molar-refractivity contribution in [2.24, 2.45) is 0 Å². The van der Waals surface area contributed by atoms with Crippen molar-refractivity contribution in [2.45, 2.75) is 12.6 Å². The predicted molar refractivity (Wildman–Crippen MR) is 100 cm³/mol. The van der Waals surface area contributed by atoms with Gasteiger partial charge in [-0.05, 0) is 30.3 Å². The maximum Gasteiger partial charge on any atom is 0.231 e. The van der Waals surface area contributed by atoms with E-state index in [-0.39, 0.29) is 0 Å². The van der Waals surface area contributed by atoms with Gasteiger partial charge in [-0.3, -0.25) is 0 Å². The van der Waals surface area contributed by atoms with E-state index < -0.39 is 6.10 Å². The van der Waals surface area contributed by atoms with Crippen LogP contribution in [0.1, 0.15) is 5.56 Å². The molecular formula is C21H28N2O4+2. The Morgan fingerprint density at radius 1 is 0.926 bits per heavy atom. The molecule has 1 fully saturated rings. The maximum atomic E-state index is 10.3. The zero-order valence-corrected chi connectivity index (χ0v) is 15.5. The molecule has 0 unspecified atom stereocenters. The van der Waals surface area contributed by atoms with Crippen LogP contribution in [0.3, 0.4) is 0 Å². The van der Waals surface area contributed by atoms with Crippen LogP contribution >= 0.6 is 0 Å². The molecule has 2 heterocycles.